The summed E-state index contributed by atoms with van der Waals surface area (Å²) in [5.74, 6) is -0.253. The molecule has 0 radical (unpaired) electrons. The number of rotatable bonds is 6. The Bertz CT molecular complexity index is 472. The maximum Gasteiger partial charge on any atom is 0.321 e. The first-order valence-corrected chi connectivity index (χ1v) is 8.51. The van der Waals surface area contributed by atoms with E-state index in [1.807, 2.05) is 5.38 Å². The van der Waals surface area contributed by atoms with Gasteiger partial charge < -0.3 is 10.2 Å². The number of piperazine rings is 1. The van der Waals surface area contributed by atoms with Gasteiger partial charge in [0.15, 0.2) is 5.13 Å². The van der Waals surface area contributed by atoms with Gasteiger partial charge in [-0.2, -0.15) is 0 Å². The monoisotopic (exact) mass is 325 g/mol. The number of anilines is 1. The smallest absolute Gasteiger partial charge is 0.321 e. The van der Waals surface area contributed by atoms with Gasteiger partial charge >= 0.3 is 6.03 Å². The number of nitrogens with one attached hydrogen (secondary N) is 2. The average Bonchev–Trinajstić information content (AvgIpc) is 3.02. The first-order chi connectivity index (χ1) is 10.7. The van der Waals surface area contributed by atoms with Gasteiger partial charge in [0.2, 0.25) is 5.91 Å². The number of unbranched alkanes of at least 4 members (excludes halogenated alkanes) is 1. The van der Waals surface area contributed by atoms with Crippen LogP contribution in [-0.4, -0.2) is 61.1 Å². The standard InChI is InChI=1S/C14H23N5O2S/c1-2-3-4-15-13(21)17-12(20)11-18-6-8-19(9-7-18)14-16-5-10-22-14/h5,10H,2-4,6-9,11H2,1H3,(H2,15,17,20,21). The van der Waals surface area contributed by atoms with Crippen LogP contribution in [0.1, 0.15) is 19.8 Å². The maximum absolute atomic E-state index is 11.8. The largest absolute Gasteiger partial charge is 0.346 e. The zero-order valence-corrected chi connectivity index (χ0v) is 13.7. The van der Waals surface area contributed by atoms with Crippen LogP contribution < -0.4 is 15.5 Å². The van der Waals surface area contributed by atoms with E-state index in [1.165, 1.54) is 0 Å². The van der Waals surface area contributed by atoms with Gasteiger partial charge in [0.05, 0.1) is 6.54 Å². The highest BCUT2D eigenvalue weighted by Crippen LogP contribution is 2.18. The lowest BCUT2D eigenvalue weighted by Crippen LogP contribution is -2.51. The Balaban J connectivity index is 1.65. The van der Waals surface area contributed by atoms with Crippen LogP contribution in [0.3, 0.4) is 0 Å². The van der Waals surface area contributed by atoms with E-state index in [4.69, 9.17) is 0 Å². The Labute approximate surface area is 134 Å². The minimum absolute atomic E-state index is 0.253. The van der Waals surface area contributed by atoms with Crippen molar-refractivity contribution in [2.45, 2.75) is 19.8 Å². The van der Waals surface area contributed by atoms with Crippen LogP contribution in [0.5, 0.6) is 0 Å². The van der Waals surface area contributed by atoms with Crippen molar-refractivity contribution in [2.75, 3.05) is 44.2 Å². The van der Waals surface area contributed by atoms with Crippen molar-refractivity contribution in [1.29, 1.82) is 0 Å². The van der Waals surface area contributed by atoms with Crippen molar-refractivity contribution in [1.82, 2.24) is 20.5 Å². The summed E-state index contributed by atoms with van der Waals surface area (Å²) in [7, 11) is 0. The van der Waals surface area contributed by atoms with E-state index in [0.29, 0.717) is 6.54 Å². The summed E-state index contributed by atoms with van der Waals surface area (Å²) in [6.45, 7) is 6.20. The summed E-state index contributed by atoms with van der Waals surface area (Å²) >= 11 is 1.63. The summed E-state index contributed by atoms with van der Waals surface area (Å²) < 4.78 is 0. The second-order valence-electron chi connectivity index (χ2n) is 5.24. The molecule has 0 unspecified atom stereocenters. The lowest BCUT2D eigenvalue weighted by atomic mass is 10.3. The molecule has 0 aromatic carbocycles. The summed E-state index contributed by atoms with van der Waals surface area (Å²) in [5, 5.41) is 8.03. The topological polar surface area (TPSA) is 77.6 Å². The number of amides is 3. The maximum atomic E-state index is 11.8. The molecular weight excluding hydrogens is 302 g/mol. The molecule has 1 aromatic rings. The fourth-order valence-corrected chi connectivity index (χ4v) is 2.96. The SMILES string of the molecule is CCCCNC(=O)NC(=O)CN1CCN(c2nccs2)CC1. The molecule has 22 heavy (non-hydrogen) atoms. The normalized spacial score (nSPS) is 15.6. The summed E-state index contributed by atoms with van der Waals surface area (Å²) in [5.41, 5.74) is 0. The fraction of sp³-hybridized carbons (Fsp3) is 0.643. The molecule has 2 rings (SSSR count). The minimum atomic E-state index is -0.403. The van der Waals surface area contributed by atoms with Crippen LogP contribution in [0.25, 0.3) is 0 Å². The van der Waals surface area contributed by atoms with Crippen LogP contribution in [0.2, 0.25) is 0 Å². The quantitative estimate of drug-likeness (QED) is 0.760. The van der Waals surface area contributed by atoms with Crippen LogP contribution in [-0.2, 0) is 4.79 Å². The molecular formula is C14H23N5O2S. The number of hydrogen-bond acceptors (Lipinski definition) is 6. The summed E-state index contributed by atoms with van der Waals surface area (Å²) in [4.78, 5) is 31.9. The molecule has 1 fully saturated rings. The van der Waals surface area contributed by atoms with E-state index in [2.05, 4.69) is 32.3 Å². The molecule has 7 nitrogen and oxygen atoms in total. The van der Waals surface area contributed by atoms with Gasteiger partial charge in [-0.05, 0) is 6.42 Å². The lowest BCUT2D eigenvalue weighted by molar-refractivity contribution is -0.121. The van der Waals surface area contributed by atoms with Crippen molar-refractivity contribution in [3.05, 3.63) is 11.6 Å². The Kier molecular flexibility index (Phi) is 6.60. The van der Waals surface area contributed by atoms with Gasteiger partial charge in [-0.3, -0.25) is 15.0 Å². The Morgan fingerprint density at radius 3 is 2.73 bits per heavy atom. The first kappa shape index (κ1) is 16.7. The van der Waals surface area contributed by atoms with E-state index in [0.717, 1.165) is 44.2 Å². The minimum Gasteiger partial charge on any atom is -0.346 e. The molecule has 0 saturated carbocycles. The number of nitrogens with zero attached hydrogens (tertiary/aromatic N) is 3. The number of hydrogen-bond donors (Lipinski definition) is 2. The van der Waals surface area contributed by atoms with Gasteiger partial charge in [0.1, 0.15) is 0 Å². The predicted octanol–water partition coefficient (Wildman–Crippen LogP) is 0.891. The van der Waals surface area contributed by atoms with Gasteiger partial charge in [-0.1, -0.05) is 13.3 Å². The van der Waals surface area contributed by atoms with Crippen molar-refractivity contribution in [3.63, 3.8) is 0 Å². The van der Waals surface area contributed by atoms with Crippen LogP contribution >= 0.6 is 11.3 Å². The predicted molar refractivity (Wildman–Crippen MR) is 87.2 cm³/mol. The van der Waals surface area contributed by atoms with Crippen molar-refractivity contribution in [3.8, 4) is 0 Å². The zero-order chi connectivity index (χ0) is 15.8. The van der Waals surface area contributed by atoms with Crippen LogP contribution in [0.15, 0.2) is 11.6 Å². The van der Waals surface area contributed by atoms with E-state index in [9.17, 15) is 9.59 Å². The molecule has 0 bridgehead atoms. The molecule has 2 heterocycles. The average molecular weight is 325 g/mol. The molecule has 1 aliphatic heterocycles. The molecule has 0 aliphatic carbocycles. The van der Waals surface area contributed by atoms with Crippen molar-refractivity contribution >= 4 is 28.4 Å². The fourth-order valence-electron chi connectivity index (χ4n) is 2.26. The van der Waals surface area contributed by atoms with Crippen LogP contribution in [0.4, 0.5) is 9.93 Å². The number of imide groups is 1. The van der Waals surface area contributed by atoms with E-state index >= 15 is 0 Å². The second kappa shape index (κ2) is 8.70. The third-order valence-corrected chi connectivity index (χ3v) is 4.33. The molecule has 0 atom stereocenters. The molecule has 2 N–H and O–H groups in total. The molecule has 122 valence electrons. The van der Waals surface area contributed by atoms with E-state index < -0.39 is 6.03 Å². The Morgan fingerprint density at radius 1 is 1.32 bits per heavy atom. The number of carbonyl (C=O) groups excluding carboxylic acids is 2. The summed E-state index contributed by atoms with van der Waals surface area (Å²) in [6.07, 6.45) is 3.73. The summed E-state index contributed by atoms with van der Waals surface area (Å²) in [6, 6.07) is -0.403. The van der Waals surface area contributed by atoms with Gasteiger partial charge in [-0.15, -0.1) is 11.3 Å². The number of aromatic nitrogens is 1. The van der Waals surface area contributed by atoms with E-state index in [-0.39, 0.29) is 12.5 Å². The highest BCUT2D eigenvalue weighted by atomic mass is 32.1. The van der Waals surface area contributed by atoms with Gasteiger partial charge in [0.25, 0.3) is 0 Å². The first-order valence-electron chi connectivity index (χ1n) is 7.63. The van der Waals surface area contributed by atoms with Gasteiger partial charge in [-0.25, -0.2) is 9.78 Å². The number of thiazole rings is 1. The lowest BCUT2D eigenvalue weighted by Gasteiger charge is -2.33. The molecule has 8 heteroatoms. The highest BCUT2D eigenvalue weighted by Gasteiger charge is 2.20. The second-order valence-corrected chi connectivity index (χ2v) is 6.11. The zero-order valence-electron chi connectivity index (χ0n) is 12.9. The molecule has 1 saturated heterocycles. The highest BCUT2D eigenvalue weighted by molar-refractivity contribution is 7.13. The van der Waals surface area contributed by atoms with Crippen molar-refractivity contribution < 1.29 is 9.59 Å². The number of carbonyl (C=O) groups is 2. The Hall–Kier alpha value is -1.67. The third-order valence-electron chi connectivity index (χ3n) is 3.50. The van der Waals surface area contributed by atoms with Crippen LogP contribution in [0, 0.1) is 0 Å². The van der Waals surface area contributed by atoms with Gasteiger partial charge in [0, 0.05) is 44.3 Å². The molecule has 3 amide bonds. The van der Waals surface area contributed by atoms with E-state index in [1.54, 1.807) is 17.5 Å². The molecule has 0 spiro atoms. The molecule has 1 aliphatic rings. The van der Waals surface area contributed by atoms with Crippen molar-refractivity contribution in [2.24, 2.45) is 0 Å². The third kappa shape index (κ3) is 5.27. The Morgan fingerprint density at radius 2 is 2.09 bits per heavy atom. The molecule has 1 aromatic heterocycles. The number of urea groups is 1.